The first-order valence-electron chi connectivity index (χ1n) is 4.71. The molecule has 0 bridgehead atoms. The van der Waals surface area contributed by atoms with Crippen molar-refractivity contribution in [1.82, 2.24) is 4.98 Å². The SMILES string of the molecule is Nc1cncc([C@H](O)c2ccccc2)c1. The molecule has 0 fully saturated rings. The fraction of sp³-hybridized carbons (Fsp3) is 0.0833. The third kappa shape index (κ3) is 2.14. The Labute approximate surface area is 88.2 Å². The maximum Gasteiger partial charge on any atom is 0.106 e. The van der Waals surface area contributed by atoms with Crippen LogP contribution >= 0.6 is 0 Å². The van der Waals surface area contributed by atoms with Gasteiger partial charge in [-0.15, -0.1) is 0 Å². The van der Waals surface area contributed by atoms with Gasteiger partial charge in [0.1, 0.15) is 6.10 Å². The molecule has 0 spiro atoms. The summed E-state index contributed by atoms with van der Waals surface area (Å²) in [6.07, 6.45) is 2.51. The third-order valence-corrected chi connectivity index (χ3v) is 2.21. The Morgan fingerprint density at radius 2 is 1.80 bits per heavy atom. The van der Waals surface area contributed by atoms with Crippen molar-refractivity contribution in [1.29, 1.82) is 0 Å². The van der Waals surface area contributed by atoms with E-state index in [0.29, 0.717) is 11.3 Å². The number of nitrogens with two attached hydrogens (primary N) is 1. The zero-order valence-electron chi connectivity index (χ0n) is 8.17. The minimum Gasteiger partial charge on any atom is -0.397 e. The summed E-state index contributed by atoms with van der Waals surface area (Å²) in [4.78, 5) is 3.95. The number of hydrogen-bond donors (Lipinski definition) is 2. The predicted molar refractivity (Wildman–Crippen MR) is 59.2 cm³/mol. The van der Waals surface area contributed by atoms with Crippen molar-refractivity contribution in [3.8, 4) is 0 Å². The van der Waals surface area contributed by atoms with Gasteiger partial charge in [0.2, 0.25) is 0 Å². The smallest absolute Gasteiger partial charge is 0.106 e. The van der Waals surface area contributed by atoms with Crippen LogP contribution in [0.25, 0.3) is 0 Å². The van der Waals surface area contributed by atoms with E-state index in [2.05, 4.69) is 4.98 Å². The fourth-order valence-corrected chi connectivity index (χ4v) is 1.45. The minimum absolute atomic E-state index is 0.558. The van der Waals surface area contributed by atoms with Gasteiger partial charge in [0.05, 0.1) is 5.69 Å². The second kappa shape index (κ2) is 4.11. The van der Waals surface area contributed by atoms with Gasteiger partial charge in [0, 0.05) is 18.0 Å². The maximum absolute atomic E-state index is 10.0. The summed E-state index contributed by atoms with van der Waals surface area (Å²) in [5, 5.41) is 10.0. The first-order chi connectivity index (χ1) is 7.27. The van der Waals surface area contributed by atoms with Crippen molar-refractivity contribution >= 4 is 5.69 Å². The molecule has 1 aromatic heterocycles. The van der Waals surface area contributed by atoms with E-state index in [1.165, 1.54) is 0 Å². The molecule has 0 amide bonds. The van der Waals surface area contributed by atoms with Gasteiger partial charge in [0.25, 0.3) is 0 Å². The van der Waals surface area contributed by atoms with Crippen LogP contribution < -0.4 is 5.73 Å². The number of rotatable bonds is 2. The Hall–Kier alpha value is -1.87. The average Bonchev–Trinajstić information content (AvgIpc) is 2.29. The number of aliphatic hydroxyl groups excluding tert-OH is 1. The Morgan fingerprint density at radius 3 is 2.47 bits per heavy atom. The zero-order valence-corrected chi connectivity index (χ0v) is 8.17. The van der Waals surface area contributed by atoms with E-state index in [-0.39, 0.29) is 0 Å². The van der Waals surface area contributed by atoms with Gasteiger partial charge in [-0.1, -0.05) is 30.3 Å². The molecule has 0 saturated carbocycles. The average molecular weight is 200 g/mol. The zero-order chi connectivity index (χ0) is 10.7. The standard InChI is InChI=1S/C12H12N2O/c13-11-6-10(7-14-8-11)12(15)9-4-2-1-3-5-9/h1-8,12,15H,13H2/t12-/m1/s1. The predicted octanol–water partition coefficient (Wildman–Crippen LogP) is 1.75. The van der Waals surface area contributed by atoms with E-state index >= 15 is 0 Å². The lowest BCUT2D eigenvalue weighted by Gasteiger charge is -2.10. The molecule has 0 aliphatic heterocycles. The molecule has 1 atom stereocenters. The second-order valence-corrected chi connectivity index (χ2v) is 3.36. The van der Waals surface area contributed by atoms with Crippen LogP contribution in [-0.2, 0) is 0 Å². The Balaban J connectivity index is 2.32. The van der Waals surface area contributed by atoms with E-state index < -0.39 is 6.10 Å². The lowest BCUT2D eigenvalue weighted by Crippen LogP contribution is -2.01. The van der Waals surface area contributed by atoms with Crippen molar-refractivity contribution in [3.63, 3.8) is 0 Å². The lowest BCUT2D eigenvalue weighted by molar-refractivity contribution is 0.220. The molecule has 2 rings (SSSR count). The summed E-state index contributed by atoms with van der Waals surface area (Å²) in [5.74, 6) is 0. The highest BCUT2D eigenvalue weighted by Gasteiger charge is 2.09. The molecule has 0 unspecified atom stereocenters. The Bertz CT molecular complexity index is 442. The molecule has 76 valence electrons. The first-order valence-corrected chi connectivity index (χ1v) is 4.71. The molecule has 3 heteroatoms. The fourth-order valence-electron chi connectivity index (χ4n) is 1.45. The molecule has 3 nitrogen and oxygen atoms in total. The molecule has 0 aliphatic carbocycles. The summed E-state index contributed by atoms with van der Waals surface area (Å²) in [7, 11) is 0. The van der Waals surface area contributed by atoms with E-state index in [9.17, 15) is 5.11 Å². The molecule has 1 aromatic carbocycles. The van der Waals surface area contributed by atoms with Gasteiger partial charge >= 0.3 is 0 Å². The lowest BCUT2D eigenvalue weighted by atomic mass is 10.0. The third-order valence-electron chi connectivity index (χ3n) is 2.21. The number of aromatic nitrogens is 1. The van der Waals surface area contributed by atoms with Crippen LogP contribution in [0.2, 0.25) is 0 Å². The van der Waals surface area contributed by atoms with E-state index in [4.69, 9.17) is 5.73 Å². The van der Waals surface area contributed by atoms with Gasteiger partial charge < -0.3 is 10.8 Å². The highest BCUT2D eigenvalue weighted by molar-refractivity contribution is 5.40. The largest absolute Gasteiger partial charge is 0.397 e. The molecule has 3 N–H and O–H groups in total. The van der Waals surface area contributed by atoms with Gasteiger partial charge in [-0.05, 0) is 11.6 Å². The highest BCUT2D eigenvalue weighted by atomic mass is 16.3. The van der Waals surface area contributed by atoms with E-state index in [1.807, 2.05) is 30.3 Å². The molecular formula is C12H12N2O. The summed E-state index contributed by atoms with van der Waals surface area (Å²) in [5.41, 5.74) is 7.71. The van der Waals surface area contributed by atoms with Crippen LogP contribution in [0.15, 0.2) is 48.8 Å². The van der Waals surface area contributed by atoms with Crippen molar-refractivity contribution < 1.29 is 5.11 Å². The second-order valence-electron chi connectivity index (χ2n) is 3.36. The first kappa shape index (κ1) is 9.68. The maximum atomic E-state index is 10.0. The van der Waals surface area contributed by atoms with E-state index in [0.717, 1.165) is 5.56 Å². The van der Waals surface area contributed by atoms with Crippen molar-refractivity contribution in [3.05, 3.63) is 59.9 Å². The number of anilines is 1. The van der Waals surface area contributed by atoms with Crippen LogP contribution in [0.4, 0.5) is 5.69 Å². The quantitative estimate of drug-likeness (QED) is 0.776. The molecule has 2 aromatic rings. The van der Waals surface area contributed by atoms with Crippen molar-refractivity contribution in [2.24, 2.45) is 0 Å². The topological polar surface area (TPSA) is 59.1 Å². The number of nitrogens with zero attached hydrogens (tertiary/aromatic N) is 1. The van der Waals surface area contributed by atoms with Crippen LogP contribution in [0.3, 0.4) is 0 Å². The number of nitrogen functional groups attached to an aromatic ring is 1. The molecule has 0 aliphatic rings. The monoisotopic (exact) mass is 200 g/mol. The number of hydrogen-bond acceptors (Lipinski definition) is 3. The number of benzene rings is 1. The number of pyridine rings is 1. The molecular weight excluding hydrogens is 188 g/mol. The van der Waals surface area contributed by atoms with Crippen LogP contribution in [0.1, 0.15) is 17.2 Å². The summed E-state index contributed by atoms with van der Waals surface area (Å²) in [6, 6.07) is 11.1. The Morgan fingerprint density at radius 1 is 1.07 bits per heavy atom. The number of aliphatic hydroxyl groups is 1. The summed E-state index contributed by atoms with van der Waals surface area (Å²) in [6.45, 7) is 0. The van der Waals surface area contributed by atoms with Crippen molar-refractivity contribution in [2.45, 2.75) is 6.10 Å². The molecule has 15 heavy (non-hydrogen) atoms. The molecule has 0 radical (unpaired) electrons. The van der Waals surface area contributed by atoms with Crippen molar-refractivity contribution in [2.75, 3.05) is 5.73 Å². The molecule has 1 heterocycles. The van der Waals surface area contributed by atoms with E-state index in [1.54, 1.807) is 18.5 Å². The van der Waals surface area contributed by atoms with Crippen LogP contribution in [0.5, 0.6) is 0 Å². The summed E-state index contributed by atoms with van der Waals surface area (Å²) < 4.78 is 0. The highest BCUT2D eigenvalue weighted by Crippen LogP contribution is 2.21. The normalized spacial score (nSPS) is 12.3. The van der Waals surface area contributed by atoms with Gasteiger partial charge in [0.15, 0.2) is 0 Å². The van der Waals surface area contributed by atoms with Gasteiger partial charge in [-0.2, -0.15) is 0 Å². The van der Waals surface area contributed by atoms with Crippen LogP contribution in [0, 0.1) is 0 Å². The van der Waals surface area contributed by atoms with Gasteiger partial charge in [-0.25, -0.2) is 0 Å². The molecule has 0 saturated heterocycles. The minimum atomic E-state index is -0.665. The van der Waals surface area contributed by atoms with Crippen LogP contribution in [-0.4, -0.2) is 10.1 Å². The summed E-state index contributed by atoms with van der Waals surface area (Å²) >= 11 is 0. The van der Waals surface area contributed by atoms with Gasteiger partial charge in [-0.3, -0.25) is 4.98 Å². The Kier molecular flexibility index (Phi) is 2.65.